The van der Waals surface area contributed by atoms with Gasteiger partial charge in [0.05, 0.1) is 19.3 Å². The molecule has 132 valence electrons. The van der Waals surface area contributed by atoms with E-state index >= 15 is 0 Å². The Labute approximate surface area is 147 Å². The monoisotopic (exact) mass is 342 g/mol. The largest absolute Gasteiger partial charge is 0.484 e. The smallest absolute Gasteiger partial charge is 0.260 e. The standard InChI is InChI=1S/C18H22N4O3/c1-14(21-17-5-6-19-13-20-17)15-3-2-4-16(11-15)25-12-18(23)22-7-9-24-10-8-22/h2-6,11,13-14H,7-10,12H2,1H3,(H,19,20,21)/t14-/m1/s1. The maximum absolute atomic E-state index is 12.2. The SMILES string of the molecule is C[C@@H](Nc1ccncn1)c1cccc(OCC(=O)N2CCOCC2)c1. The summed E-state index contributed by atoms with van der Waals surface area (Å²) in [6.07, 6.45) is 3.20. The molecule has 2 aromatic rings. The Morgan fingerprint density at radius 3 is 2.96 bits per heavy atom. The zero-order valence-corrected chi connectivity index (χ0v) is 14.2. The number of carbonyl (C=O) groups excluding carboxylic acids is 1. The van der Waals surface area contributed by atoms with Gasteiger partial charge in [-0.25, -0.2) is 9.97 Å². The molecule has 1 saturated heterocycles. The first-order valence-electron chi connectivity index (χ1n) is 8.33. The van der Waals surface area contributed by atoms with Crippen LogP contribution in [0.1, 0.15) is 18.5 Å². The van der Waals surface area contributed by atoms with Crippen molar-refractivity contribution in [1.29, 1.82) is 0 Å². The molecule has 1 aromatic heterocycles. The van der Waals surface area contributed by atoms with Crippen LogP contribution in [0.5, 0.6) is 5.75 Å². The number of hydrogen-bond acceptors (Lipinski definition) is 6. The van der Waals surface area contributed by atoms with Crippen LogP contribution in [0.15, 0.2) is 42.9 Å². The van der Waals surface area contributed by atoms with Crippen LogP contribution in [0.4, 0.5) is 5.82 Å². The Hall–Kier alpha value is -2.67. The van der Waals surface area contributed by atoms with Gasteiger partial charge in [-0.1, -0.05) is 12.1 Å². The van der Waals surface area contributed by atoms with Gasteiger partial charge in [-0.05, 0) is 30.7 Å². The number of aromatic nitrogens is 2. The van der Waals surface area contributed by atoms with Gasteiger partial charge in [-0.15, -0.1) is 0 Å². The summed E-state index contributed by atoms with van der Waals surface area (Å²) >= 11 is 0. The highest BCUT2D eigenvalue weighted by molar-refractivity contribution is 5.77. The highest BCUT2D eigenvalue weighted by Crippen LogP contribution is 2.22. The van der Waals surface area contributed by atoms with Crippen molar-refractivity contribution in [3.8, 4) is 5.75 Å². The lowest BCUT2D eigenvalue weighted by Crippen LogP contribution is -2.42. The molecule has 7 nitrogen and oxygen atoms in total. The lowest BCUT2D eigenvalue weighted by atomic mass is 10.1. The summed E-state index contributed by atoms with van der Waals surface area (Å²) in [5, 5.41) is 3.31. The van der Waals surface area contributed by atoms with E-state index in [-0.39, 0.29) is 18.6 Å². The van der Waals surface area contributed by atoms with E-state index in [9.17, 15) is 4.79 Å². The van der Waals surface area contributed by atoms with Gasteiger partial charge in [0.1, 0.15) is 17.9 Å². The van der Waals surface area contributed by atoms with Gasteiger partial charge in [0.25, 0.3) is 5.91 Å². The van der Waals surface area contributed by atoms with Crippen LogP contribution in [0, 0.1) is 0 Å². The average Bonchev–Trinajstić information content (AvgIpc) is 2.68. The summed E-state index contributed by atoms with van der Waals surface area (Å²) in [5.74, 6) is 1.42. The fraction of sp³-hybridized carbons (Fsp3) is 0.389. The number of benzene rings is 1. The average molecular weight is 342 g/mol. The number of anilines is 1. The molecule has 2 heterocycles. The number of hydrogen-bond donors (Lipinski definition) is 1. The van der Waals surface area contributed by atoms with E-state index in [0.29, 0.717) is 32.1 Å². The Bertz CT molecular complexity index is 690. The molecular weight excluding hydrogens is 320 g/mol. The van der Waals surface area contributed by atoms with Crippen LogP contribution in [0.3, 0.4) is 0 Å². The summed E-state index contributed by atoms with van der Waals surface area (Å²) in [6, 6.07) is 9.59. The molecule has 1 aliphatic heterocycles. The molecule has 1 amide bonds. The molecule has 1 aromatic carbocycles. The second-order valence-corrected chi connectivity index (χ2v) is 5.81. The summed E-state index contributed by atoms with van der Waals surface area (Å²) < 4.78 is 10.9. The molecule has 0 unspecified atom stereocenters. The predicted octanol–water partition coefficient (Wildman–Crippen LogP) is 1.89. The van der Waals surface area contributed by atoms with Gasteiger partial charge < -0.3 is 19.7 Å². The fourth-order valence-corrected chi connectivity index (χ4v) is 2.60. The van der Waals surface area contributed by atoms with E-state index in [0.717, 1.165) is 11.4 Å². The quantitative estimate of drug-likeness (QED) is 0.864. The van der Waals surface area contributed by atoms with Gasteiger partial charge in [-0.2, -0.15) is 0 Å². The Morgan fingerprint density at radius 1 is 1.36 bits per heavy atom. The first-order valence-corrected chi connectivity index (χ1v) is 8.33. The van der Waals surface area contributed by atoms with Gasteiger partial charge in [0, 0.05) is 19.3 Å². The molecule has 1 aliphatic rings. The van der Waals surface area contributed by atoms with Crippen LogP contribution in [-0.2, 0) is 9.53 Å². The number of nitrogens with one attached hydrogen (secondary N) is 1. The zero-order valence-electron chi connectivity index (χ0n) is 14.2. The van der Waals surface area contributed by atoms with Crippen LogP contribution < -0.4 is 10.1 Å². The molecule has 0 spiro atoms. The molecular formula is C18H22N4O3. The minimum absolute atomic E-state index is 0.0131. The van der Waals surface area contributed by atoms with E-state index in [1.807, 2.05) is 37.3 Å². The number of nitrogens with zero attached hydrogens (tertiary/aromatic N) is 3. The third-order valence-electron chi connectivity index (χ3n) is 4.03. The molecule has 7 heteroatoms. The highest BCUT2D eigenvalue weighted by atomic mass is 16.5. The second kappa shape index (κ2) is 8.43. The summed E-state index contributed by atoms with van der Waals surface area (Å²) in [5.41, 5.74) is 1.05. The van der Waals surface area contributed by atoms with Crippen LogP contribution in [0.2, 0.25) is 0 Å². The molecule has 0 bridgehead atoms. The van der Waals surface area contributed by atoms with Gasteiger partial charge in [-0.3, -0.25) is 4.79 Å². The van der Waals surface area contributed by atoms with Crippen molar-refractivity contribution in [2.75, 3.05) is 38.2 Å². The van der Waals surface area contributed by atoms with Gasteiger partial charge in [0.2, 0.25) is 0 Å². The molecule has 3 rings (SSSR count). The van der Waals surface area contributed by atoms with Crippen molar-refractivity contribution in [3.05, 3.63) is 48.4 Å². The topological polar surface area (TPSA) is 76.6 Å². The second-order valence-electron chi connectivity index (χ2n) is 5.81. The van der Waals surface area contributed by atoms with Crippen molar-refractivity contribution >= 4 is 11.7 Å². The summed E-state index contributed by atoms with van der Waals surface area (Å²) in [4.78, 5) is 22.0. The molecule has 1 fully saturated rings. The lowest BCUT2D eigenvalue weighted by molar-refractivity contribution is -0.137. The number of ether oxygens (including phenoxy) is 2. The molecule has 1 N–H and O–H groups in total. The fourth-order valence-electron chi connectivity index (χ4n) is 2.60. The molecule has 0 saturated carbocycles. The molecule has 0 radical (unpaired) electrons. The summed E-state index contributed by atoms with van der Waals surface area (Å²) in [7, 11) is 0. The van der Waals surface area contributed by atoms with Crippen molar-refractivity contribution in [3.63, 3.8) is 0 Å². The molecule has 25 heavy (non-hydrogen) atoms. The Balaban J connectivity index is 1.56. The van der Waals surface area contributed by atoms with Crippen molar-refractivity contribution < 1.29 is 14.3 Å². The zero-order chi connectivity index (χ0) is 17.5. The maximum Gasteiger partial charge on any atom is 0.260 e. The van der Waals surface area contributed by atoms with Crippen molar-refractivity contribution in [1.82, 2.24) is 14.9 Å². The number of morpholine rings is 1. The number of carbonyl (C=O) groups is 1. The van der Waals surface area contributed by atoms with Crippen molar-refractivity contribution in [2.24, 2.45) is 0 Å². The number of rotatable bonds is 6. The van der Waals surface area contributed by atoms with Gasteiger partial charge >= 0.3 is 0 Å². The first kappa shape index (κ1) is 17.2. The van der Waals surface area contributed by atoms with Gasteiger partial charge in [0.15, 0.2) is 6.61 Å². The predicted molar refractivity (Wildman–Crippen MR) is 93.4 cm³/mol. The minimum atomic E-state index is -0.0131. The van der Waals surface area contributed by atoms with E-state index < -0.39 is 0 Å². The van der Waals surface area contributed by atoms with E-state index in [1.165, 1.54) is 6.33 Å². The van der Waals surface area contributed by atoms with E-state index in [2.05, 4.69) is 15.3 Å². The third kappa shape index (κ3) is 4.90. The maximum atomic E-state index is 12.2. The molecule has 0 aliphatic carbocycles. The number of amides is 1. The molecule has 1 atom stereocenters. The third-order valence-corrected chi connectivity index (χ3v) is 4.03. The van der Waals surface area contributed by atoms with Crippen LogP contribution >= 0.6 is 0 Å². The Kier molecular flexibility index (Phi) is 5.79. The van der Waals surface area contributed by atoms with Crippen LogP contribution in [0.25, 0.3) is 0 Å². The van der Waals surface area contributed by atoms with Crippen molar-refractivity contribution in [2.45, 2.75) is 13.0 Å². The van der Waals surface area contributed by atoms with Crippen LogP contribution in [-0.4, -0.2) is 53.7 Å². The Morgan fingerprint density at radius 2 is 2.20 bits per heavy atom. The normalized spacial score (nSPS) is 15.5. The lowest BCUT2D eigenvalue weighted by Gasteiger charge is -2.26. The first-order chi connectivity index (χ1) is 12.2. The van der Waals surface area contributed by atoms with E-state index in [4.69, 9.17) is 9.47 Å². The highest BCUT2D eigenvalue weighted by Gasteiger charge is 2.17. The summed E-state index contributed by atoms with van der Waals surface area (Å²) in [6.45, 7) is 4.52. The minimum Gasteiger partial charge on any atom is -0.484 e. The van der Waals surface area contributed by atoms with E-state index in [1.54, 1.807) is 11.1 Å².